The summed E-state index contributed by atoms with van der Waals surface area (Å²) in [6, 6.07) is 9.33. The highest BCUT2D eigenvalue weighted by atomic mass is 35.5. The normalized spacial score (nSPS) is 22.4. The maximum atomic E-state index is 13.3. The Hall–Kier alpha value is -1.91. The number of rotatable bonds is 4. The second-order valence-corrected chi connectivity index (χ2v) is 10.8. The average Bonchev–Trinajstić information content (AvgIpc) is 3.17. The molecule has 0 spiro atoms. The zero-order valence-corrected chi connectivity index (χ0v) is 18.7. The zero-order valence-electron chi connectivity index (χ0n) is 16.3. The van der Waals surface area contributed by atoms with Crippen molar-refractivity contribution in [1.82, 2.24) is 0 Å². The first-order valence-corrected chi connectivity index (χ1v) is 12.5. The number of methoxy groups -OCH3 is 1. The van der Waals surface area contributed by atoms with Gasteiger partial charge in [-0.2, -0.15) is 13.2 Å². The molecule has 1 fully saturated rings. The predicted octanol–water partition coefficient (Wildman–Crippen LogP) is 4.64. The summed E-state index contributed by atoms with van der Waals surface area (Å²) in [5.41, 5.74) is 0.228. The molecule has 4 rings (SSSR count). The molecule has 0 radical (unpaired) electrons. The Balaban J connectivity index is 1.66. The van der Waals surface area contributed by atoms with Crippen LogP contribution in [0.3, 0.4) is 0 Å². The van der Waals surface area contributed by atoms with Crippen LogP contribution in [0.2, 0.25) is 5.02 Å². The first-order valence-electron chi connectivity index (χ1n) is 9.27. The van der Waals surface area contributed by atoms with E-state index in [2.05, 4.69) is 4.99 Å². The van der Waals surface area contributed by atoms with E-state index >= 15 is 0 Å². The minimum atomic E-state index is -4.55. The first-order chi connectivity index (χ1) is 14.6. The molecule has 0 bridgehead atoms. The van der Waals surface area contributed by atoms with E-state index in [9.17, 15) is 21.6 Å². The van der Waals surface area contributed by atoms with E-state index < -0.39 is 33.7 Å². The second-order valence-electron chi connectivity index (χ2n) is 7.29. The minimum absolute atomic E-state index is 0.107. The molecule has 2 aliphatic rings. The number of alkyl halides is 3. The van der Waals surface area contributed by atoms with E-state index in [1.165, 1.54) is 17.8 Å². The Morgan fingerprint density at radius 2 is 1.90 bits per heavy atom. The number of thioether (sulfide) groups is 1. The lowest BCUT2D eigenvalue weighted by Gasteiger charge is -2.28. The summed E-state index contributed by atoms with van der Waals surface area (Å²) >= 11 is 7.60. The van der Waals surface area contributed by atoms with E-state index in [1.807, 2.05) is 24.3 Å². The molecule has 0 unspecified atom stereocenters. The summed E-state index contributed by atoms with van der Waals surface area (Å²) < 4.78 is 69.4. The number of hydrogen-bond acceptors (Lipinski definition) is 6. The molecular formula is C20H18ClF3N2O3S2. The number of anilines is 1. The third-order valence-corrected chi connectivity index (χ3v) is 8.22. The fraction of sp³-hybridized carbons (Fsp3) is 0.350. The fourth-order valence-corrected chi connectivity index (χ4v) is 6.78. The van der Waals surface area contributed by atoms with Crippen LogP contribution in [0.1, 0.15) is 11.1 Å². The summed E-state index contributed by atoms with van der Waals surface area (Å²) in [5, 5.41) is 0.567. The summed E-state index contributed by atoms with van der Waals surface area (Å²) in [6.45, 7) is 0. The van der Waals surface area contributed by atoms with Crippen LogP contribution in [-0.2, 0) is 21.8 Å². The maximum absolute atomic E-state index is 13.3. The smallest absolute Gasteiger partial charge is 0.416 e. The highest BCUT2D eigenvalue weighted by molar-refractivity contribution is 8.13. The highest BCUT2D eigenvalue weighted by Gasteiger charge is 2.48. The molecule has 2 atom stereocenters. The van der Waals surface area contributed by atoms with Gasteiger partial charge in [0, 0.05) is 5.75 Å². The van der Waals surface area contributed by atoms with Gasteiger partial charge in [-0.15, -0.1) is 0 Å². The van der Waals surface area contributed by atoms with Crippen molar-refractivity contribution in [2.45, 2.75) is 24.0 Å². The van der Waals surface area contributed by atoms with Gasteiger partial charge in [0.15, 0.2) is 15.0 Å². The van der Waals surface area contributed by atoms with Crippen LogP contribution in [0.25, 0.3) is 0 Å². The van der Waals surface area contributed by atoms with Gasteiger partial charge in [-0.3, -0.25) is 4.99 Å². The van der Waals surface area contributed by atoms with E-state index in [1.54, 1.807) is 12.0 Å². The molecule has 2 aromatic carbocycles. The van der Waals surface area contributed by atoms with Crippen LogP contribution in [-0.4, -0.2) is 44.3 Å². The lowest BCUT2D eigenvalue weighted by atomic mass is 10.1. The Morgan fingerprint density at radius 1 is 1.19 bits per heavy atom. The SMILES string of the molecule is COc1ccc(CSC2=N[C@H]3CS(=O)(=O)C[C@H]3N2c2cc(C(F)(F)F)ccc2Cl)cc1. The van der Waals surface area contributed by atoms with Crippen molar-refractivity contribution >= 4 is 44.1 Å². The third-order valence-electron chi connectivity index (χ3n) is 5.17. The molecule has 31 heavy (non-hydrogen) atoms. The predicted molar refractivity (Wildman–Crippen MR) is 117 cm³/mol. The Bertz CT molecular complexity index is 1120. The molecule has 11 heteroatoms. The van der Waals surface area contributed by atoms with Crippen LogP contribution in [0.15, 0.2) is 47.5 Å². The Kier molecular flexibility index (Phi) is 5.91. The zero-order chi connectivity index (χ0) is 22.4. The number of ether oxygens (including phenoxy) is 1. The number of halogens is 4. The van der Waals surface area contributed by atoms with E-state index in [0.29, 0.717) is 16.7 Å². The van der Waals surface area contributed by atoms with Crippen LogP contribution in [0.4, 0.5) is 18.9 Å². The molecular weight excluding hydrogens is 473 g/mol. The summed E-state index contributed by atoms with van der Waals surface area (Å²) in [6.07, 6.45) is -4.55. The van der Waals surface area contributed by atoms with Gasteiger partial charge in [0.2, 0.25) is 0 Å². The number of benzene rings is 2. The molecule has 0 aliphatic carbocycles. The molecule has 0 N–H and O–H groups in total. The van der Waals surface area contributed by atoms with Crippen molar-refractivity contribution in [3.8, 4) is 5.75 Å². The topological polar surface area (TPSA) is 59.0 Å². The van der Waals surface area contributed by atoms with Crippen LogP contribution in [0, 0.1) is 0 Å². The van der Waals surface area contributed by atoms with Gasteiger partial charge in [0.1, 0.15) is 5.75 Å². The second kappa shape index (κ2) is 8.22. The van der Waals surface area contributed by atoms with Crippen molar-refractivity contribution in [2.24, 2.45) is 4.99 Å². The van der Waals surface area contributed by atoms with Crippen LogP contribution < -0.4 is 9.64 Å². The monoisotopic (exact) mass is 490 g/mol. The van der Waals surface area contributed by atoms with Gasteiger partial charge in [0.05, 0.1) is 47.0 Å². The molecule has 5 nitrogen and oxygen atoms in total. The average molecular weight is 491 g/mol. The molecule has 166 valence electrons. The van der Waals surface area contributed by atoms with Crippen molar-refractivity contribution in [3.63, 3.8) is 0 Å². The minimum Gasteiger partial charge on any atom is -0.497 e. The molecule has 2 aliphatic heterocycles. The van der Waals surface area contributed by atoms with Gasteiger partial charge >= 0.3 is 6.18 Å². The summed E-state index contributed by atoms with van der Waals surface area (Å²) in [4.78, 5) is 6.10. The molecule has 0 amide bonds. The molecule has 1 saturated heterocycles. The standard InChI is InChI=1S/C20H18ClF3N2O3S2/c1-29-14-5-2-12(3-6-14)9-30-19-25-16-10-31(27,28)11-18(16)26(19)17-8-13(20(22,23)24)4-7-15(17)21/h2-8,16,18H,9-11H2,1H3/t16-,18+/m0/s1. The van der Waals surface area contributed by atoms with E-state index in [4.69, 9.17) is 16.3 Å². The van der Waals surface area contributed by atoms with Crippen LogP contribution >= 0.6 is 23.4 Å². The Morgan fingerprint density at radius 3 is 2.55 bits per heavy atom. The van der Waals surface area contributed by atoms with Crippen LogP contribution in [0.5, 0.6) is 5.75 Å². The lowest BCUT2D eigenvalue weighted by Crippen LogP contribution is -2.39. The van der Waals surface area contributed by atoms with Crippen molar-refractivity contribution < 1.29 is 26.3 Å². The first kappa shape index (κ1) is 22.3. The number of aliphatic imine (C=N–C) groups is 1. The van der Waals surface area contributed by atoms with E-state index in [-0.39, 0.29) is 22.2 Å². The number of sulfone groups is 1. The van der Waals surface area contributed by atoms with Gasteiger partial charge < -0.3 is 9.64 Å². The van der Waals surface area contributed by atoms with Crippen molar-refractivity contribution in [1.29, 1.82) is 0 Å². The van der Waals surface area contributed by atoms with Gasteiger partial charge in [-0.25, -0.2) is 8.42 Å². The maximum Gasteiger partial charge on any atom is 0.416 e. The quantitative estimate of drug-likeness (QED) is 0.624. The van der Waals surface area contributed by atoms with E-state index in [0.717, 1.165) is 17.7 Å². The highest BCUT2D eigenvalue weighted by Crippen LogP contribution is 2.41. The molecule has 0 aromatic heterocycles. The summed E-state index contributed by atoms with van der Waals surface area (Å²) in [7, 11) is -1.76. The number of nitrogens with zero attached hydrogens (tertiary/aromatic N) is 2. The number of fused-ring (bicyclic) bond motifs is 1. The van der Waals surface area contributed by atoms with Gasteiger partial charge in [-0.1, -0.05) is 35.5 Å². The molecule has 0 saturated carbocycles. The fourth-order valence-electron chi connectivity index (χ4n) is 3.66. The third kappa shape index (κ3) is 4.65. The van der Waals surface area contributed by atoms with Gasteiger partial charge in [-0.05, 0) is 35.9 Å². The van der Waals surface area contributed by atoms with Crippen molar-refractivity contribution in [3.05, 3.63) is 58.6 Å². The molecule has 2 heterocycles. The molecule has 2 aromatic rings. The largest absolute Gasteiger partial charge is 0.497 e. The van der Waals surface area contributed by atoms with Crippen molar-refractivity contribution in [2.75, 3.05) is 23.5 Å². The lowest BCUT2D eigenvalue weighted by molar-refractivity contribution is -0.137. The number of hydrogen-bond donors (Lipinski definition) is 0. The Labute approximate surface area is 187 Å². The van der Waals surface area contributed by atoms with Gasteiger partial charge in [0.25, 0.3) is 0 Å². The number of amidine groups is 1. The summed E-state index contributed by atoms with van der Waals surface area (Å²) in [5.74, 6) is 0.906.